The largest absolute Gasteiger partial charge is 0.312 e. The number of benzene rings is 1. The van der Waals surface area contributed by atoms with Gasteiger partial charge in [0, 0.05) is 25.2 Å². The van der Waals surface area contributed by atoms with Crippen LogP contribution in [0.25, 0.3) is 0 Å². The molecule has 1 aromatic rings. The second-order valence-corrected chi connectivity index (χ2v) is 6.36. The Kier molecular flexibility index (Phi) is 5.80. The molecule has 0 aliphatic carbocycles. The van der Waals surface area contributed by atoms with Gasteiger partial charge < -0.3 is 9.80 Å². The van der Waals surface area contributed by atoms with Crippen molar-refractivity contribution >= 4 is 11.6 Å². The normalized spacial score (nSPS) is 16.8. The molecule has 1 amide bonds. The third kappa shape index (κ3) is 4.57. The van der Waals surface area contributed by atoms with E-state index in [9.17, 15) is 4.79 Å². The number of nitrogens with zero attached hydrogens (tertiary/aromatic N) is 2. The lowest BCUT2D eigenvalue weighted by molar-refractivity contribution is -0.117. The molecule has 3 nitrogen and oxygen atoms in total. The topological polar surface area (TPSA) is 23.6 Å². The highest BCUT2D eigenvalue weighted by Gasteiger charge is 2.21. The molecule has 1 aliphatic heterocycles. The van der Waals surface area contributed by atoms with Gasteiger partial charge in [0.1, 0.15) is 0 Å². The van der Waals surface area contributed by atoms with Gasteiger partial charge in [0.2, 0.25) is 5.91 Å². The van der Waals surface area contributed by atoms with E-state index >= 15 is 0 Å². The smallest absolute Gasteiger partial charge is 0.227 e. The first kappa shape index (κ1) is 16.0. The molecule has 0 aromatic heterocycles. The Labute approximate surface area is 128 Å². The van der Waals surface area contributed by atoms with Crippen LogP contribution in [-0.4, -0.2) is 30.9 Å². The van der Waals surface area contributed by atoms with E-state index in [4.69, 9.17) is 0 Å². The quantitative estimate of drug-likeness (QED) is 0.764. The number of hydrogen-bond acceptors (Lipinski definition) is 2. The van der Waals surface area contributed by atoms with E-state index in [2.05, 4.69) is 50.1 Å². The number of carbonyl (C=O) groups is 1. The van der Waals surface area contributed by atoms with Crippen LogP contribution in [0, 0.1) is 5.92 Å². The summed E-state index contributed by atoms with van der Waals surface area (Å²) in [5, 5.41) is 0. The molecular formula is C18H28N2O. The maximum absolute atomic E-state index is 11.7. The van der Waals surface area contributed by atoms with Crippen molar-refractivity contribution in [2.45, 2.75) is 46.1 Å². The van der Waals surface area contributed by atoms with E-state index in [0.717, 1.165) is 37.7 Å². The van der Waals surface area contributed by atoms with Gasteiger partial charge in [-0.1, -0.05) is 32.4 Å². The van der Waals surface area contributed by atoms with Crippen molar-refractivity contribution in [2.24, 2.45) is 5.92 Å². The maximum Gasteiger partial charge on any atom is 0.227 e. The first-order valence-corrected chi connectivity index (χ1v) is 8.18. The van der Waals surface area contributed by atoms with Crippen molar-refractivity contribution in [2.75, 3.05) is 25.0 Å². The molecular weight excluding hydrogens is 260 g/mol. The van der Waals surface area contributed by atoms with Crippen LogP contribution >= 0.6 is 0 Å². The SMILES string of the molecule is CCC(C)CCN(C)Cc1ccc(N2CCCC2=O)cc1. The van der Waals surface area contributed by atoms with Gasteiger partial charge in [0.25, 0.3) is 0 Å². The van der Waals surface area contributed by atoms with Gasteiger partial charge in [-0.2, -0.15) is 0 Å². The molecule has 1 aromatic carbocycles. The van der Waals surface area contributed by atoms with Crippen LogP contribution in [0.15, 0.2) is 24.3 Å². The first-order chi connectivity index (χ1) is 10.1. The summed E-state index contributed by atoms with van der Waals surface area (Å²) in [6.45, 7) is 7.55. The molecule has 1 saturated heterocycles. The van der Waals surface area contributed by atoms with E-state index in [0.29, 0.717) is 6.42 Å². The molecule has 1 fully saturated rings. The van der Waals surface area contributed by atoms with Gasteiger partial charge in [-0.25, -0.2) is 0 Å². The fourth-order valence-corrected chi connectivity index (χ4v) is 2.74. The Morgan fingerprint density at radius 2 is 2.00 bits per heavy atom. The lowest BCUT2D eigenvalue weighted by Crippen LogP contribution is -2.24. The molecule has 1 unspecified atom stereocenters. The summed E-state index contributed by atoms with van der Waals surface area (Å²) in [4.78, 5) is 16.0. The fraction of sp³-hybridized carbons (Fsp3) is 0.611. The highest BCUT2D eigenvalue weighted by Crippen LogP contribution is 2.22. The maximum atomic E-state index is 11.7. The summed E-state index contributed by atoms with van der Waals surface area (Å²) in [7, 11) is 2.18. The van der Waals surface area contributed by atoms with E-state index in [1.54, 1.807) is 0 Å². The van der Waals surface area contributed by atoms with Crippen LogP contribution in [0.1, 0.15) is 45.1 Å². The van der Waals surface area contributed by atoms with Crippen LogP contribution in [-0.2, 0) is 11.3 Å². The minimum absolute atomic E-state index is 0.258. The third-order valence-electron chi connectivity index (χ3n) is 4.47. The molecule has 2 rings (SSSR count). The van der Waals surface area contributed by atoms with Gasteiger partial charge in [-0.05, 0) is 50.0 Å². The molecule has 0 spiro atoms. The summed E-state index contributed by atoms with van der Waals surface area (Å²) in [6, 6.07) is 8.48. The standard InChI is InChI=1S/C18H28N2O/c1-4-15(2)11-13-19(3)14-16-7-9-17(10-8-16)20-12-5-6-18(20)21/h7-10,15H,4-6,11-14H2,1-3H3. The van der Waals surface area contributed by atoms with Crippen molar-refractivity contribution in [1.29, 1.82) is 0 Å². The van der Waals surface area contributed by atoms with E-state index in [-0.39, 0.29) is 5.91 Å². The summed E-state index contributed by atoms with van der Waals surface area (Å²) >= 11 is 0. The highest BCUT2D eigenvalue weighted by atomic mass is 16.2. The molecule has 1 aliphatic rings. The van der Waals surface area contributed by atoms with E-state index in [1.165, 1.54) is 18.4 Å². The molecule has 0 N–H and O–H groups in total. The van der Waals surface area contributed by atoms with Crippen molar-refractivity contribution in [3.8, 4) is 0 Å². The monoisotopic (exact) mass is 288 g/mol. The number of rotatable bonds is 7. The minimum Gasteiger partial charge on any atom is -0.312 e. The Hall–Kier alpha value is -1.35. The summed E-state index contributed by atoms with van der Waals surface area (Å²) in [5.41, 5.74) is 2.36. The van der Waals surface area contributed by atoms with Crippen LogP contribution < -0.4 is 4.90 Å². The van der Waals surface area contributed by atoms with Gasteiger partial charge in [-0.3, -0.25) is 4.79 Å². The van der Waals surface area contributed by atoms with Gasteiger partial charge in [0.05, 0.1) is 0 Å². The molecule has 3 heteroatoms. The zero-order valence-corrected chi connectivity index (χ0v) is 13.6. The number of anilines is 1. The minimum atomic E-state index is 0.258. The Morgan fingerprint density at radius 1 is 1.29 bits per heavy atom. The van der Waals surface area contributed by atoms with E-state index < -0.39 is 0 Å². The first-order valence-electron chi connectivity index (χ1n) is 8.18. The van der Waals surface area contributed by atoms with Gasteiger partial charge in [-0.15, -0.1) is 0 Å². The van der Waals surface area contributed by atoms with Crippen LogP contribution in [0.4, 0.5) is 5.69 Å². The second kappa shape index (κ2) is 7.60. The third-order valence-corrected chi connectivity index (χ3v) is 4.47. The Balaban J connectivity index is 1.86. The number of hydrogen-bond donors (Lipinski definition) is 0. The summed E-state index contributed by atoms with van der Waals surface area (Å²) < 4.78 is 0. The summed E-state index contributed by atoms with van der Waals surface area (Å²) in [6.07, 6.45) is 4.19. The zero-order chi connectivity index (χ0) is 15.2. The fourth-order valence-electron chi connectivity index (χ4n) is 2.74. The zero-order valence-electron chi connectivity index (χ0n) is 13.6. The van der Waals surface area contributed by atoms with Crippen molar-refractivity contribution in [3.63, 3.8) is 0 Å². The van der Waals surface area contributed by atoms with Gasteiger partial charge >= 0.3 is 0 Å². The predicted molar refractivity (Wildman–Crippen MR) is 88.4 cm³/mol. The lowest BCUT2D eigenvalue weighted by atomic mass is 10.1. The Morgan fingerprint density at radius 3 is 2.57 bits per heavy atom. The van der Waals surface area contributed by atoms with Crippen LogP contribution in [0.3, 0.4) is 0 Å². The lowest BCUT2D eigenvalue weighted by Gasteiger charge is -2.20. The number of amides is 1. The average molecular weight is 288 g/mol. The van der Waals surface area contributed by atoms with Crippen molar-refractivity contribution in [1.82, 2.24) is 4.90 Å². The molecule has 0 saturated carbocycles. The number of carbonyl (C=O) groups excluding carboxylic acids is 1. The molecule has 0 radical (unpaired) electrons. The molecule has 1 atom stereocenters. The van der Waals surface area contributed by atoms with E-state index in [1.807, 2.05) is 4.90 Å². The van der Waals surface area contributed by atoms with Crippen LogP contribution in [0.5, 0.6) is 0 Å². The average Bonchev–Trinajstić information content (AvgIpc) is 2.91. The predicted octanol–water partition coefficient (Wildman–Crippen LogP) is 3.68. The Bertz CT molecular complexity index is 455. The molecule has 1 heterocycles. The molecule has 0 bridgehead atoms. The molecule has 21 heavy (non-hydrogen) atoms. The van der Waals surface area contributed by atoms with Crippen molar-refractivity contribution in [3.05, 3.63) is 29.8 Å². The summed E-state index contributed by atoms with van der Waals surface area (Å²) in [5.74, 6) is 1.06. The van der Waals surface area contributed by atoms with Crippen LogP contribution in [0.2, 0.25) is 0 Å². The molecule has 116 valence electrons. The van der Waals surface area contributed by atoms with Gasteiger partial charge in [0.15, 0.2) is 0 Å². The second-order valence-electron chi connectivity index (χ2n) is 6.36. The van der Waals surface area contributed by atoms with Crippen molar-refractivity contribution < 1.29 is 4.79 Å². The highest BCUT2D eigenvalue weighted by molar-refractivity contribution is 5.95.